The molecule has 0 aromatic heterocycles. The predicted octanol–water partition coefficient (Wildman–Crippen LogP) is 3.48. The van der Waals surface area contributed by atoms with Crippen LogP contribution < -0.4 is 5.32 Å². The van der Waals surface area contributed by atoms with Crippen LogP contribution >= 0.6 is 11.6 Å². The Morgan fingerprint density at radius 1 is 1.29 bits per heavy atom. The molecule has 1 aromatic carbocycles. The Hall–Kier alpha value is -0.690. The highest BCUT2D eigenvalue weighted by atomic mass is 35.5. The summed E-state index contributed by atoms with van der Waals surface area (Å²) < 4.78 is 0. The van der Waals surface area contributed by atoms with Gasteiger partial charge in [-0.1, -0.05) is 24.1 Å². The van der Waals surface area contributed by atoms with Crippen LogP contribution in [0.1, 0.15) is 24.8 Å². The van der Waals surface area contributed by atoms with Crippen LogP contribution in [-0.2, 0) is 6.42 Å². The summed E-state index contributed by atoms with van der Waals surface area (Å²) in [5.41, 5.74) is 2.58. The molecule has 2 heteroatoms. The van der Waals surface area contributed by atoms with Gasteiger partial charge in [0, 0.05) is 16.8 Å². The van der Waals surface area contributed by atoms with Crippen LogP contribution in [0.2, 0.25) is 5.02 Å². The molecule has 1 fully saturated rings. The topological polar surface area (TPSA) is 12.0 Å². The molecule has 0 saturated heterocycles. The third-order valence-corrected chi connectivity index (χ3v) is 3.96. The molecular formula is C12H14ClN. The minimum absolute atomic E-state index is 0.652. The van der Waals surface area contributed by atoms with Crippen molar-refractivity contribution in [1.29, 1.82) is 0 Å². The lowest BCUT2D eigenvalue weighted by Gasteiger charge is -2.31. The maximum Gasteiger partial charge on any atom is 0.0459 e. The van der Waals surface area contributed by atoms with Gasteiger partial charge >= 0.3 is 0 Å². The molecule has 1 aromatic rings. The predicted molar refractivity (Wildman–Crippen MR) is 59.9 cm³/mol. The molecule has 1 heterocycles. The zero-order chi connectivity index (χ0) is 9.54. The molecule has 14 heavy (non-hydrogen) atoms. The van der Waals surface area contributed by atoms with Gasteiger partial charge in [0.2, 0.25) is 0 Å². The Labute approximate surface area is 89.5 Å². The lowest BCUT2D eigenvalue weighted by molar-refractivity contribution is 0.278. The molecule has 0 spiro atoms. The van der Waals surface area contributed by atoms with Crippen molar-refractivity contribution in [2.75, 3.05) is 5.32 Å². The molecule has 1 aliphatic carbocycles. The van der Waals surface area contributed by atoms with E-state index in [1.807, 2.05) is 12.1 Å². The summed E-state index contributed by atoms with van der Waals surface area (Å²) in [6, 6.07) is 6.81. The fourth-order valence-corrected chi connectivity index (χ4v) is 2.75. The second-order valence-electron chi connectivity index (χ2n) is 4.41. The first kappa shape index (κ1) is 8.60. The molecule has 0 radical (unpaired) electrons. The highest BCUT2D eigenvalue weighted by Gasteiger charge is 2.32. The fraction of sp³-hybridized carbons (Fsp3) is 0.500. The molecule has 1 aliphatic heterocycles. The van der Waals surface area contributed by atoms with Crippen molar-refractivity contribution in [2.24, 2.45) is 5.92 Å². The van der Waals surface area contributed by atoms with E-state index >= 15 is 0 Å². The van der Waals surface area contributed by atoms with Gasteiger partial charge in [-0.05, 0) is 42.9 Å². The number of halogens is 1. The van der Waals surface area contributed by atoms with E-state index in [1.165, 1.54) is 30.5 Å². The quantitative estimate of drug-likeness (QED) is 0.744. The number of hydrogen-bond acceptors (Lipinski definition) is 1. The molecule has 2 aliphatic rings. The molecule has 0 amide bonds. The van der Waals surface area contributed by atoms with Gasteiger partial charge in [-0.25, -0.2) is 0 Å². The van der Waals surface area contributed by atoms with Crippen molar-refractivity contribution in [2.45, 2.75) is 31.7 Å². The number of hydrogen-bond donors (Lipinski definition) is 1. The van der Waals surface area contributed by atoms with Gasteiger partial charge in [0.05, 0.1) is 0 Å². The second kappa shape index (κ2) is 3.16. The zero-order valence-corrected chi connectivity index (χ0v) is 8.85. The number of rotatable bonds is 1. The average Bonchev–Trinajstić information content (AvgIpc) is 2.46. The first-order valence-electron chi connectivity index (χ1n) is 5.38. The van der Waals surface area contributed by atoms with Crippen LogP contribution in [0.25, 0.3) is 0 Å². The molecule has 1 saturated carbocycles. The van der Waals surface area contributed by atoms with Crippen molar-refractivity contribution in [3.8, 4) is 0 Å². The average molecular weight is 208 g/mol. The van der Waals surface area contributed by atoms with Crippen LogP contribution in [0.3, 0.4) is 0 Å². The summed E-state index contributed by atoms with van der Waals surface area (Å²) in [7, 11) is 0. The van der Waals surface area contributed by atoms with Crippen molar-refractivity contribution < 1.29 is 0 Å². The first-order chi connectivity index (χ1) is 6.84. The highest BCUT2D eigenvalue weighted by molar-refractivity contribution is 6.31. The van der Waals surface area contributed by atoms with Gasteiger partial charge in [-0.2, -0.15) is 0 Å². The number of nitrogens with one attached hydrogen (secondary N) is 1. The van der Waals surface area contributed by atoms with Gasteiger partial charge in [-0.15, -0.1) is 0 Å². The summed E-state index contributed by atoms with van der Waals surface area (Å²) in [5, 5.41) is 4.52. The van der Waals surface area contributed by atoms with Crippen LogP contribution in [0.15, 0.2) is 18.2 Å². The Morgan fingerprint density at radius 2 is 2.14 bits per heavy atom. The van der Waals surface area contributed by atoms with E-state index in [0.717, 1.165) is 17.4 Å². The number of anilines is 1. The van der Waals surface area contributed by atoms with Crippen LogP contribution in [0.5, 0.6) is 0 Å². The van der Waals surface area contributed by atoms with E-state index in [-0.39, 0.29) is 0 Å². The summed E-state index contributed by atoms with van der Waals surface area (Å²) in [6.45, 7) is 0. The molecule has 1 unspecified atom stereocenters. The van der Waals surface area contributed by atoms with Crippen molar-refractivity contribution in [3.05, 3.63) is 28.8 Å². The Balaban J connectivity index is 1.86. The van der Waals surface area contributed by atoms with Gasteiger partial charge in [0.15, 0.2) is 0 Å². The Morgan fingerprint density at radius 3 is 2.79 bits per heavy atom. The minimum Gasteiger partial charge on any atom is -0.381 e. The lowest BCUT2D eigenvalue weighted by Crippen LogP contribution is -2.31. The zero-order valence-electron chi connectivity index (χ0n) is 8.09. The lowest BCUT2D eigenvalue weighted by atomic mass is 9.79. The smallest absolute Gasteiger partial charge is 0.0459 e. The van der Waals surface area contributed by atoms with Crippen molar-refractivity contribution in [1.82, 2.24) is 0 Å². The van der Waals surface area contributed by atoms with Crippen LogP contribution in [0, 0.1) is 5.92 Å². The maximum absolute atomic E-state index is 6.16. The van der Waals surface area contributed by atoms with E-state index in [2.05, 4.69) is 11.4 Å². The first-order valence-corrected chi connectivity index (χ1v) is 5.76. The summed E-state index contributed by atoms with van der Waals surface area (Å²) in [4.78, 5) is 0. The third kappa shape index (κ3) is 1.23. The molecule has 1 N–H and O–H groups in total. The highest BCUT2D eigenvalue weighted by Crippen LogP contribution is 2.39. The van der Waals surface area contributed by atoms with Gasteiger partial charge < -0.3 is 5.32 Å². The van der Waals surface area contributed by atoms with Gasteiger partial charge in [0.1, 0.15) is 0 Å². The van der Waals surface area contributed by atoms with Crippen LogP contribution in [-0.4, -0.2) is 6.04 Å². The molecule has 74 valence electrons. The largest absolute Gasteiger partial charge is 0.381 e. The van der Waals surface area contributed by atoms with E-state index < -0.39 is 0 Å². The summed E-state index contributed by atoms with van der Waals surface area (Å²) in [6.07, 6.45) is 5.32. The van der Waals surface area contributed by atoms with Crippen molar-refractivity contribution in [3.63, 3.8) is 0 Å². The van der Waals surface area contributed by atoms with Gasteiger partial charge in [0.25, 0.3) is 0 Å². The second-order valence-corrected chi connectivity index (χ2v) is 4.82. The van der Waals surface area contributed by atoms with Gasteiger partial charge in [-0.3, -0.25) is 0 Å². The number of benzene rings is 1. The molecule has 1 nitrogen and oxygen atoms in total. The molecular weight excluding hydrogens is 194 g/mol. The minimum atomic E-state index is 0.652. The number of fused-ring (bicyclic) bond motifs is 1. The third-order valence-electron chi connectivity index (χ3n) is 3.60. The maximum atomic E-state index is 6.16. The SMILES string of the molecule is Clc1cccc2c1CC(C1CCC1)N2. The normalized spacial score (nSPS) is 25.4. The fourth-order valence-electron chi connectivity index (χ4n) is 2.50. The van der Waals surface area contributed by atoms with Crippen LogP contribution in [0.4, 0.5) is 5.69 Å². The summed E-state index contributed by atoms with van der Waals surface area (Å²) >= 11 is 6.16. The van der Waals surface area contributed by atoms with Crippen molar-refractivity contribution >= 4 is 17.3 Å². The van der Waals surface area contributed by atoms with E-state index in [1.54, 1.807) is 0 Å². The summed E-state index contributed by atoms with van der Waals surface area (Å²) in [5.74, 6) is 0.887. The van der Waals surface area contributed by atoms with E-state index in [9.17, 15) is 0 Å². The molecule has 1 atom stereocenters. The Bertz CT molecular complexity index is 357. The van der Waals surface area contributed by atoms with E-state index in [0.29, 0.717) is 6.04 Å². The molecule has 0 bridgehead atoms. The van der Waals surface area contributed by atoms with E-state index in [4.69, 9.17) is 11.6 Å². The Kier molecular flexibility index (Phi) is 1.94. The standard InChI is InChI=1S/C12H14ClN/c13-10-5-2-6-11-9(10)7-12(14-11)8-3-1-4-8/h2,5-6,8,12,14H,1,3-4,7H2. The molecule has 3 rings (SSSR count). The monoisotopic (exact) mass is 207 g/mol.